The van der Waals surface area contributed by atoms with Gasteiger partial charge in [-0.25, -0.2) is 0 Å². The topological polar surface area (TPSA) is 58.2 Å². The van der Waals surface area contributed by atoms with Crippen LogP contribution in [-0.2, 0) is 17.6 Å². The van der Waals surface area contributed by atoms with Gasteiger partial charge in [-0.1, -0.05) is 25.1 Å². The van der Waals surface area contributed by atoms with Gasteiger partial charge in [-0.2, -0.15) is 0 Å². The SMILES string of the molecule is C[C@H]1CCc2sc(C(=O)NNC(=O)CSc3ccccc3)cc2C1. The Labute approximate surface area is 150 Å². The van der Waals surface area contributed by atoms with Gasteiger partial charge >= 0.3 is 0 Å². The van der Waals surface area contributed by atoms with Crippen LogP contribution in [0.4, 0.5) is 0 Å². The molecule has 4 nitrogen and oxygen atoms in total. The summed E-state index contributed by atoms with van der Waals surface area (Å²) in [7, 11) is 0. The number of aryl methyl sites for hydroxylation is 1. The highest BCUT2D eigenvalue weighted by Crippen LogP contribution is 2.32. The maximum atomic E-state index is 12.2. The maximum absolute atomic E-state index is 12.2. The predicted octanol–water partition coefficient (Wildman–Crippen LogP) is 3.43. The van der Waals surface area contributed by atoms with Gasteiger partial charge in [-0.3, -0.25) is 20.4 Å². The second-order valence-electron chi connectivity index (χ2n) is 6.01. The van der Waals surface area contributed by atoms with E-state index < -0.39 is 0 Å². The lowest BCUT2D eigenvalue weighted by atomic mass is 9.90. The molecule has 0 bridgehead atoms. The molecule has 1 aromatic heterocycles. The maximum Gasteiger partial charge on any atom is 0.279 e. The van der Waals surface area contributed by atoms with Crippen LogP contribution < -0.4 is 10.9 Å². The molecular weight excluding hydrogens is 340 g/mol. The van der Waals surface area contributed by atoms with Crippen LogP contribution >= 0.6 is 23.1 Å². The molecule has 0 saturated heterocycles. The Kier molecular flexibility index (Phi) is 5.58. The van der Waals surface area contributed by atoms with E-state index in [1.807, 2.05) is 36.4 Å². The lowest BCUT2D eigenvalue weighted by molar-refractivity contribution is -0.119. The van der Waals surface area contributed by atoms with Crippen LogP contribution in [0.2, 0.25) is 0 Å². The lowest BCUT2D eigenvalue weighted by Crippen LogP contribution is -2.42. The first-order chi connectivity index (χ1) is 11.6. The lowest BCUT2D eigenvalue weighted by Gasteiger charge is -2.16. The fraction of sp³-hybridized carbons (Fsp3) is 0.333. The molecule has 1 heterocycles. The number of fused-ring (bicyclic) bond motifs is 1. The number of hydrogen-bond acceptors (Lipinski definition) is 4. The molecule has 0 unspecified atom stereocenters. The Bertz CT molecular complexity index is 728. The van der Waals surface area contributed by atoms with Gasteiger partial charge in [-0.05, 0) is 48.9 Å². The first-order valence-electron chi connectivity index (χ1n) is 8.00. The molecule has 0 fully saturated rings. The van der Waals surface area contributed by atoms with Crippen molar-refractivity contribution < 1.29 is 9.59 Å². The molecule has 2 N–H and O–H groups in total. The number of amides is 2. The molecule has 0 aliphatic heterocycles. The van der Waals surface area contributed by atoms with Gasteiger partial charge in [0.1, 0.15) is 0 Å². The van der Waals surface area contributed by atoms with E-state index >= 15 is 0 Å². The van der Waals surface area contributed by atoms with Crippen LogP contribution in [0.15, 0.2) is 41.3 Å². The molecule has 2 aromatic rings. The van der Waals surface area contributed by atoms with Crippen molar-refractivity contribution in [1.82, 2.24) is 10.9 Å². The summed E-state index contributed by atoms with van der Waals surface area (Å²) in [5, 5.41) is 0. The van der Waals surface area contributed by atoms with Gasteiger partial charge in [0.05, 0.1) is 10.6 Å². The Morgan fingerprint density at radius 1 is 1.25 bits per heavy atom. The van der Waals surface area contributed by atoms with Crippen LogP contribution in [0.5, 0.6) is 0 Å². The Morgan fingerprint density at radius 3 is 2.83 bits per heavy atom. The van der Waals surface area contributed by atoms with E-state index in [2.05, 4.69) is 17.8 Å². The normalized spacial score (nSPS) is 16.3. The van der Waals surface area contributed by atoms with Crippen molar-refractivity contribution in [2.45, 2.75) is 31.1 Å². The van der Waals surface area contributed by atoms with E-state index in [9.17, 15) is 9.59 Å². The van der Waals surface area contributed by atoms with Crippen molar-refractivity contribution >= 4 is 34.9 Å². The summed E-state index contributed by atoms with van der Waals surface area (Å²) in [5.74, 6) is 0.493. The van der Waals surface area contributed by atoms with Crippen LogP contribution in [0, 0.1) is 5.92 Å². The number of hydrazine groups is 1. The number of nitrogens with one attached hydrogen (secondary N) is 2. The monoisotopic (exact) mass is 360 g/mol. The van der Waals surface area contributed by atoms with E-state index in [1.54, 1.807) is 0 Å². The van der Waals surface area contributed by atoms with Crippen LogP contribution in [-0.4, -0.2) is 17.6 Å². The van der Waals surface area contributed by atoms with Gasteiger partial charge in [0.15, 0.2) is 0 Å². The van der Waals surface area contributed by atoms with Gasteiger partial charge in [0.2, 0.25) is 5.91 Å². The Hall–Kier alpha value is -1.79. The highest BCUT2D eigenvalue weighted by Gasteiger charge is 2.20. The van der Waals surface area contributed by atoms with Gasteiger partial charge in [0, 0.05) is 9.77 Å². The number of carbonyl (C=O) groups is 2. The summed E-state index contributed by atoms with van der Waals surface area (Å²) in [5.41, 5.74) is 6.29. The van der Waals surface area contributed by atoms with Crippen LogP contribution in [0.1, 0.15) is 33.5 Å². The van der Waals surface area contributed by atoms with Crippen LogP contribution in [0.25, 0.3) is 0 Å². The van der Waals surface area contributed by atoms with Crippen molar-refractivity contribution in [3.8, 4) is 0 Å². The Balaban J connectivity index is 1.48. The second-order valence-corrected chi connectivity index (χ2v) is 8.20. The standard InChI is InChI=1S/C18H20N2O2S2/c1-12-7-8-15-13(9-12)10-16(24-15)18(22)20-19-17(21)11-23-14-5-3-2-4-6-14/h2-6,10,12H,7-9,11H2,1H3,(H,19,21)(H,20,22)/t12-/m0/s1. The third-order valence-corrected chi connectivity index (χ3v) is 6.23. The molecule has 0 spiro atoms. The van der Waals surface area contributed by atoms with E-state index in [4.69, 9.17) is 0 Å². The number of benzene rings is 1. The first-order valence-corrected chi connectivity index (χ1v) is 9.80. The van der Waals surface area contributed by atoms with E-state index in [0.717, 1.165) is 17.7 Å². The zero-order valence-electron chi connectivity index (χ0n) is 13.5. The molecule has 6 heteroatoms. The quantitative estimate of drug-likeness (QED) is 0.649. The average molecular weight is 361 g/mol. The van der Waals surface area contributed by atoms with E-state index in [-0.39, 0.29) is 17.6 Å². The molecule has 0 saturated carbocycles. The van der Waals surface area contributed by atoms with Crippen molar-refractivity contribution in [3.05, 3.63) is 51.7 Å². The highest BCUT2D eigenvalue weighted by atomic mass is 32.2. The number of thiophene rings is 1. The number of carbonyl (C=O) groups excluding carboxylic acids is 2. The number of rotatable bonds is 4. The largest absolute Gasteiger partial charge is 0.279 e. The smallest absolute Gasteiger partial charge is 0.272 e. The summed E-state index contributed by atoms with van der Waals surface area (Å²) in [6.07, 6.45) is 3.27. The number of hydrogen-bond donors (Lipinski definition) is 2. The zero-order valence-corrected chi connectivity index (χ0v) is 15.1. The minimum Gasteiger partial charge on any atom is -0.272 e. The van der Waals surface area contributed by atoms with E-state index in [1.165, 1.54) is 40.0 Å². The van der Waals surface area contributed by atoms with Crippen LogP contribution in [0.3, 0.4) is 0 Å². The van der Waals surface area contributed by atoms with Crippen molar-refractivity contribution in [3.63, 3.8) is 0 Å². The summed E-state index contributed by atoms with van der Waals surface area (Å²) >= 11 is 2.98. The molecule has 1 atom stereocenters. The van der Waals surface area contributed by atoms with Gasteiger partial charge < -0.3 is 0 Å². The molecule has 2 amide bonds. The molecule has 24 heavy (non-hydrogen) atoms. The van der Waals surface area contributed by atoms with Crippen molar-refractivity contribution in [1.29, 1.82) is 0 Å². The molecule has 3 rings (SSSR count). The molecule has 1 aliphatic carbocycles. The summed E-state index contributed by atoms with van der Waals surface area (Å²) in [6.45, 7) is 2.24. The minimum atomic E-state index is -0.236. The van der Waals surface area contributed by atoms with E-state index in [0.29, 0.717) is 10.8 Å². The summed E-state index contributed by atoms with van der Waals surface area (Å²) in [6, 6.07) is 11.7. The van der Waals surface area contributed by atoms with Gasteiger partial charge in [-0.15, -0.1) is 23.1 Å². The third kappa shape index (κ3) is 4.39. The predicted molar refractivity (Wildman–Crippen MR) is 98.3 cm³/mol. The highest BCUT2D eigenvalue weighted by molar-refractivity contribution is 8.00. The average Bonchev–Trinajstić information content (AvgIpc) is 3.02. The molecule has 1 aromatic carbocycles. The second kappa shape index (κ2) is 7.85. The fourth-order valence-corrected chi connectivity index (χ4v) is 4.53. The first kappa shape index (κ1) is 17.0. The van der Waals surface area contributed by atoms with Crippen molar-refractivity contribution in [2.24, 2.45) is 5.92 Å². The molecule has 126 valence electrons. The molecule has 0 radical (unpaired) electrons. The minimum absolute atomic E-state index is 0.216. The molecule has 1 aliphatic rings. The molecular formula is C18H20N2O2S2. The van der Waals surface area contributed by atoms with Crippen molar-refractivity contribution in [2.75, 3.05) is 5.75 Å². The fourth-order valence-electron chi connectivity index (χ4n) is 2.71. The third-order valence-electron chi connectivity index (χ3n) is 3.98. The number of thioether (sulfide) groups is 1. The summed E-state index contributed by atoms with van der Waals surface area (Å²) < 4.78 is 0. The Morgan fingerprint density at radius 2 is 2.04 bits per heavy atom. The summed E-state index contributed by atoms with van der Waals surface area (Å²) in [4.78, 5) is 27.1. The van der Waals surface area contributed by atoms with Gasteiger partial charge in [0.25, 0.3) is 5.91 Å². The zero-order chi connectivity index (χ0) is 16.9.